The SMILES string of the molecule is C[C@@H](C(=O)Nc1cccc(S(N)(=O)=O)c1)[NH+]1CCCCCCC1. The Balaban J connectivity index is 2.03. The molecule has 1 aromatic rings. The number of nitrogens with two attached hydrogens (primary N) is 1. The molecule has 1 aromatic carbocycles. The van der Waals surface area contributed by atoms with Crippen LogP contribution in [-0.2, 0) is 14.8 Å². The molecule has 0 radical (unpaired) electrons. The maximum atomic E-state index is 12.5. The minimum Gasteiger partial charge on any atom is -0.325 e. The summed E-state index contributed by atoms with van der Waals surface area (Å²) in [7, 11) is -3.77. The Morgan fingerprint density at radius 1 is 1.17 bits per heavy atom. The van der Waals surface area contributed by atoms with E-state index in [4.69, 9.17) is 5.14 Å². The van der Waals surface area contributed by atoms with E-state index in [1.165, 1.54) is 36.3 Å². The lowest BCUT2D eigenvalue weighted by Gasteiger charge is -2.27. The average molecular weight is 340 g/mol. The number of benzene rings is 1. The lowest BCUT2D eigenvalue weighted by atomic mass is 10.1. The fourth-order valence-electron chi connectivity index (χ4n) is 2.98. The zero-order valence-electron chi connectivity index (χ0n) is 13.5. The normalized spacial score (nSPS) is 18.7. The predicted octanol–water partition coefficient (Wildman–Crippen LogP) is 0.510. The molecule has 6 nitrogen and oxygen atoms in total. The minimum absolute atomic E-state index is 0.00144. The van der Waals surface area contributed by atoms with Crippen molar-refractivity contribution in [2.75, 3.05) is 18.4 Å². The Bertz CT molecular complexity index is 638. The molecule has 128 valence electrons. The van der Waals surface area contributed by atoms with E-state index in [-0.39, 0.29) is 16.8 Å². The summed E-state index contributed by atoms with van der Waals surface area (Å²) < 4.78 is 22.8. The monoisotopic (exact) mass is 340 g/mol. The number of quaternary nitrogens is 1. The van der Waals surface area contributed by atoms with Crippen LogP contribution < -0.4 is 15.4 Å². The van der Waals surface area contributed by atoms with Gasteiger partial charge in [-0.15, -0.1) is 0 Å². The van der Waals surface area contributed by atoms with Gasteiger partial charge in [0, 0.05) is 5.69 Å². The van der Waals surface area contributed by atoms with Gasteiger partial charge < -0.3 is 10.2 Å². The highest BCUT2D eigenvalue weighted by Gasteiger charge is 2.25. The summed E-state index contributed by atoms with van der Waals surface area (Å²) in [5.74, 6) is -0.0906. The number of rotatable bonds is 4. The Hall–Kier alpha value is -1.44. The minimum atomic E-state index is -3.77. The molecule has 1 amide bonds. The van der Waals surface area contributed by atoms with E-state index >= 15 is 0 Å². The Morgan fingerprint density at radius 3 is 2.39 bits per heavy atom. The summed E-state index contributed by atoms with van der Waals surface area (Å²) in [5.41, 5.74) is 0.458. The van der Waals surface area contributed by atoms with Gasteiger partial charge in [0.15, 0.2) is 6.04 Å². The third-order valence-electron chi connectivity index (χ3n) is 4.43. The highest BCUT2D eigenvalue weighted by molar-refractivity contribution is 7.89. The molecule has 2 rings (SSSR count). The second-order valence-corrected chi connectivity index (χ2v) is 7.77. The van der Waals surface area contributed by atoms with Crippen molar-refractivity contribution in [3.63, 3.8) is 0 Å². The molecule has 0 aromatic heterocycles. The Morgan fingerprint density at radius 2 is 1.78 bits per heavy atom. The summed E-state index contributed by atoms with van der Waals surface area (Å²) in [6, 6.07) is 5.89. The third kappa shape index (κ3) is 5.30. The molecular formula is C16H26N3O3S+. The first kappa shape index (κ1) is 17.9. The molecule has 1 aliphatic heterocycles. The average Bonchev–Trinajstić information content (AvgIpc) is 2.45. The van der Waals surface area contributed by atoms with Crippen molar-refractivity contribution in [1.29, 1.82) is 0 Å². The first-order chi connectivity index (χ1) is 10.9. The van der Waals surface area contributed by atoms with E-state index in [0.29, 0.717) is 5.69 Å². The van der Waals surface area contributed by atoms with Gasteiger partial charge in [0.25, 0.3) is 5.91 Å². The van der Waals surface area contributed by atoms with E-state index in [1.54, 1.807) is 12.1 Å². The van der Waals surface area contributed by atoms with E-state index in [1.807, 2.05) is 6.92 Å². The summed E-state index contributed by atoms with van der Waals surface area (Å²) >= 11 is 0. The molecule has 1 heterocycles. The van der Waals surface area contributed by atoms with Crippen LogP contribution in [0.25, 0.3) is 0 Å². The van der Waals surface area contributed by atoms with Crippen LogP contribution in [0.1, 0.15) is 39.0 Å². The molecule has 4 N–H and O–H groups in total. The molecule has 1 atom stereocenters. The van der Waals surface area contributed by atoms with Crippen LogP contribution in [0.3, 0.4) is 0 Å². The van der Waals surface area contributed by atoms with E-state index in [9.17, 15) is 13.2 Å². The maximum Gasteiger partial charge on any atom is 0.282 e. The van der Waals surface area contributed by atoms with Crippen molar-refractivity contribution in [2.24, 2.45) is 5.14 Å². The summed E-state index contributed by atoms with van der Waals surface area (Å²) in [4.78, 5) is 13.8. The smallest absolute Gasteiger partial charge is 0.282 e. The number of hydrogen-bond acceptors (Lipinski definition) is 3. The molecule has 1 aliphatic rings. The summed E-state index contributed by atoms with van der Waals surface area (Å²) in [6.45, 7) is 3.94. The fourth-order valence-corrected chi connectivity index (χ4v) is 3.54. The number of nitrogens with one attached hydrogen (secondary N) is 2. The highest BCUT2D eigenvalue weighted by atomic mass is 32.2. The molecule has 1 fully saturated rings. The quantitative estimate of drug-likeness (QED) is 0.745. The van der Waals surface area contributed by atoms with Crippen LogP contribution in [0.4, 0.5) is 5.69 Å². The molecule has 1 saturated heterocycles. The molecule has 0 unspecified atom stereocenters. The number of carbonyl (C=O) groups is 1. The van der Waals surface area contributed by atoms with E-state index in [0.717, 1.165) is 25.9 Å². The van der Waals surface area contributed by atoms with E-state index in [2.05, 4.69) is 5.32 Å². The van der Waals surface area contributed by atoms with Crippen molar-refractivity contribution in [3.8, 4) is 0 Å². The number of hydrogen-bond donors (Lipinski definition) is 3. The van der Waals surface area contributed by atoms with Gasteiger partial charge in [0.2, 0.25) is 10.0 Å². The molecule has 0 saturated carbocycles. The third-order valence-corrected chi connectivity index (χ3v) is 5.34. The van der Waals surface area contributed by atoms with Gasteiger partial charge in [-0.25, -0.2) is 13.6 Å². The van der Waals surface area contributed by atoms with E-state index < -0.39 is 10.0 Å². The number of likely N-dealkylation sites (tertiary alicyclic amines) is 1. The Labute approximate surface area is 138 Å². The van der Waals surface area contributed by atoms with Crippen LogP contribution in [0, 0.1) is 0 Å². The summed E-state index contributed by atoms with van der Waals surface area (Å²) in [5, 5.41) is 7.93. The molecular weight excluding hydrogens is 314 g/mol. The van der Waals surface area contributed by atoms with Crippen molar-refractivity contribution in [1.82, 2.24) is 0 Å². The van der Waals surface area contributed by atoms with Crippen molar-refractivity contribution in [2.45, 2.75) is 50.0 Å². The number of anilines is 1. The van der Waals surface area contributed by atoms with Gasteiger partial charge in [-0.1, -0.05) is 12.5 Å². The number of amides is 1. The lowest BCUT2D eigenvalue weighted by molar-refractivity contribution is -0.914. The van der Waals surface area contributed by atoms with Gasteiger partial charge in [-0.05, 0) is 50.8 Å². The number of primary sulfonamides is 1. The van der Waals surface area contributed by atoms with Crippen molar-refractivity contribution >= 4 is 21.6 Å². The van der Waals surface area contributed by atoms with Crippen molar-refractivity contribution in [3.05, 3.63) is 24.3 Å². The lowest BCUT2D eigenvalue weighted by Crippen LogP contribution is -3.16. The second kappa shape index (κ2) is 7.90. The maximum absolute atomic E-state index is 12.5. The first-order valence-electron chi connectivity index (χ1n) is 8.16. The van der Waals surface area contributed by atoms with Crippen LogP contribution in [0.5, 0.6) is 0 Å². The van der Waals surface area contributed by atoms with Gasteiger partial charge in [-0.3, -0.25) is 4.79 Å². The van der Waals surface area contributed by atoms with Crippen LogP contribution >= 0.6 is 0 Å². The second-order valence-electron chi connectivity index (χ2n) is 6.21. The Kier molecular flexibility index (Phi) is 6.15. The highest BCUT2D eigenvalue weighted by Crippen LogP contribution is 2.14. The summed E-state index contributed by atoms with van der Waals surface area (Å²) in [6.07, 6.45) is 6.04. The predicted molar refractivity (Wildman–Crippen MR) is 89.7 cm³/mol. The molecule has 0 spiro atoms. The van der Waals surface area contributed by atoms with Crippen molar-refractivity contribution < 1.29 is 18.1 Å². The molecule has 23 heavy (non-hydrogen) atoms. The zero-order valence-corrected chi connectivity index (χ0v) is 14.4. The molecule has 0 aliphatic carbocycles. The van der Waals surface area contributed by atoms with Gasteiger partial charge in [0.05, 0.1) is 18.0 Å². The first-order valence-corrected chi connectivity index (χ1v) is 9.71. The van der Waals surface area contributed by atoms with Gasteiger partial charge in [0.1, 0.15) is 0 Å². The van der Waals surface area contributed by atoms with Crippen LogP contribution in [0.2, 0.25) is 0 Å². The largest absolute Gasteiger partial charge is 0.325 e. The van der Waals surface area contributed by atoms with Crippen LogP contribution in [-0.4, -0.2) is 33.5 Å². The fraction of sp³-hybridized carbons (Fsp3) is 0.562. The standard InChI is InChI=1S/C16H25N3O3S/c1-13(19-10-5-3-2-4-6-11-19)16(20)18-14-8-7-9-15(12-14)23(17,21)22/h7-9,12-13H,2-6,10-11H2,1H3,(H,18,20)(H2,17,21,22)/p+1/t13-/m0/s1. The molecule has 0 bridgehead atoms. The topological polar surface area (TPSA) is 93.7 Å². The molecule has 7 heteroatoms. The zero-order chi connectivity index (χ0) is 16.9. The number of sulfonamides is 1. The number of carbonyl (C=O) groups excluding carboxylic acids is 1. The van der Waals surface area contributed by atoms with Gasteiger partial charge >= 0.3 is 0 Å². The van der Waals surface area contributed by atoms with Gasteiger partial charge in [-0.2, -0.15) is 0 Å². The van der Waals surface area contributed by atoms with Crippen LogP contribution in [0.15, 0.2) is 29.2 Å².